The first-order valence-corrected chi connectivity index (χ1v) is 16.3. The molecule has 0 nitrogen and oxygen atoms in total. The van der Waals surface area contributed by atoms with Gasteiger partial charge in [-0.1, -0.05) is 0 Å². The summed E-state index contributed by atoms with van der Waals surface area (Å²) >= 11 is -1.90. The van der Waals surface area contributed by atoms with Gasteiger partial charge in [0.25, 0.3) is 0 Å². The van der Waals surface area contributed by atoms with Crippen LogP contribution in [-0.4, -0.2) is 23.7 Å². The van der Waals surface area contributed by atoms with Crippen LogP contribution in [0.3, 0.4) is 0 Å². The minimum absolute atomic E-state index is 0.601. The van der Waals surface area contributed by atoms with Crippen molar-refractivity contribution in [1.82, 2.24) is 0 Å². The zero-order valence-corrected chi connectivity index (χ0v) is 14.5. The van der Waals surface area contributed by atoms with E-state index in [4.69, 9.17) is 0 Å². The van der Waals surface area contributed by atoms with E-state index >= 15 is 0 Å². The number of hydrogen-bond acceptors (Lipinski definition) is 0. The summed E-state index contributed by atoms with van der Waals surface area (Å²) in [6.45, 7) is 14.7. The Morgan fingerprint density at radius 1 is 0.643 bits per heavy atom. The molecule has 0 aromatic rings. The fraction of sp³-hybridized carbons (Fsp3) is 0.667. The first-order valence-electron chi connectivity index (χ1n) is 5.33. The van der Waals surface area contributed by atoms with Crippen LogP contribution in [0.1, 0.15) is 41.5 Å². The van der Waals surface area contributed by atoms with Crippen molar-refractivity contribution < 1.29 is 0 Å². The predicted octanol–water partition coefficient (Wildman–Crippen LogP) is 3.86. The van der Waals surface area contributed by atoms with E-state index in [2.05, 4.69) is 63.5 Å². The van der Waals surface area contributed by atoms with Crippen LogP contribution in [0.15, 0.2) is 22.0 Å². The first-order chi connectivity index (χ1) is 6.23. The predicted molar refractivity (Wildman–Crippen MR) is 69.2 cm³/mol. The third-order valence-electron chi connectivity index (χ3n) is 2.54. The van der Waals surface area contributed by atoms with E-state index in [0.717, 1.165) is 0 Å². The summed E-state index contributed by atoms with van der Waals surface area (Å²) in [5.41, 5.74) is 0. The maximum atomic E-state index is 2.61. The zero-order valence-electron chi connectivity index (χ0n) is 10.3. The number of allylic oxidation sites excluding steroid dienone is 2. The average Bonchev–Trinajstić information content (AvgIpc) is 2.01. The second-order valence-electron chi connectivity index (χ2n) is 6.05. The van der Waals surface area contributed by atoms with Gasteiger partial charge in [0.05, 0.1) is 0 Å². The van der Waals surface area contributed by atoms with E-state index in [9.17, 15) is 0 Å². The summed E-state index contributed by atoms with van der Waals surface area (Å²) in [7, 11) is 0. The van der Waals surface area contributed by atoms with Crippen LogP contribution < -0.4 is 0 Å². The van der Waals surface area contributed by atoms with Crippen molar-refractivity contribution in [3.05, 3.63) is 22.0 Å². The van der Waals surface area contributed by atoms with Crippen molar-refractivity contribution >= 4 is 23.7 Å². The molecule has 0 aromatic heterocycles. The van der Waals surface area contributed by atoms with Gasteiger partial charge < -0.3 is 0 Å². The standard InChI is InChI=1S/C12H22Ge2/c1-11(2,3)13-9-7-8-10-14(13)12(4,5)6/h7-10H,1-6H3. The first kappa shape index (κ1) is 12.6. The van der Waals surface area contributed by atoms with Crippen LogP contribution in [0.5, 0.6) is 0 Å². The molecule has 0 fully saturated rings. The van der Waals surface area contributed by atoms with Gasteiger partial charge in [-0.25, -0.2) is 0 Å². The molecule has 0 atom stereocenters. The SMILES string of the molecule is C[C](C)(C)[Ge]1=[Ge]([C](C)(C)C)[CH]=CC=[CH]1. The number of rotatable bonds is 0. The molecule has 0 N–H and O–H groups in total. The monoisotopic (exact) mass is 314 g/mol. The van der Waals surface area contributed by atoms with Gasteiger partial charge in [-0.05, 0) is 0 Å². The van der Waals surface area contributed by atoms with Gasteiger partial charge in [-0.15, -0.1) is 0 Å². The summed E-state index contributed by atoms with van der Waals surface area (Å²) in [6, 6.07) is 0. The van der Waals surface area contributed by atoms with E-state index < -0.39 is 23.7 Å². The Kier molecular flexibility index (Phi) is 3.80. The molecular weight excluding hydrogens is 289 g/mol. The van der Waals surface area contributed by atoms with E-state index in [-0.39, 0.29) is 0 Å². The molecule has 0 aromatic carbocycles. The summed E-state index contributed by atoms with van der Waals surface area (Å²) < 4.78 is 1.20. The van der Waals surface area contributed by atoms with Crippen LogP contribution in [0.4, 0.5) is 0 Å². The fourth-order valence-corrected chi connectivity index (χ4v) is 32.9. The zero-order chi connectivity index (χ0) is 11.0. The molecule has 78 valence electrons. The van der Waals surface area contributed by atoms with Gasteiger partial charge in [0.15, 0.2) is 0 Å². The van der Waals surface area contributed by atoms with Gasteiger partial charge in [-0.2, -0.15) is 0 Å². The van der Waals surface area contributed by atoms with Crippen LogP contribution >= 0.6 is 0 Å². The van der Waals surface area contributed by atoms with Crippen LogP contribution in [0.25, 0.3) is 0 Å². The normalized spacial score (nSPS) is 17.9. The van der Waals surface area contributed by atoms with E-state index in [1.54, 1.807) is 0 Å². The van der Waals surface area contributed by atoms with Crippen molar-refractivity contribution in [2.24, 2.45) is 0 Å². The topological polar surface area (TPSA) is 0 Å². The molecular formula is C12H22Ge2. The molecule has 0 aliphatic carbocycles. The molecule has 0 spiro atoms. The number of hydrogen-bond donors (Lipinski definition) is 0. The third kappa shape index (κ3) is 3.03. The quantitative estimate of drug-likeness (QED) is 0.596. The molecule has 1 rings (SSSR count). The van der Waals surface area contributed by atoms with E-state index in [0.29, 0.717) is 8.49 Å². The molecule has 0 bridgehead atoms. The molecule has 1 heterocycles. The van der Waals surface area contributed by atoms with E-state index in [1.807, 2.05) is 0 Å². The van der Waals surface area contributed by atoms with Crippen LogP contribution in [-0.2, 0) is 0 Å². The molecule has 1 aliphatic heterocycles. The molecule has 0 amide bonds. The maximum absolute atomic E-state index is 2.61. The molecule has 2 heteroatoms. The molecule has 0 saturated carbocycles. The summed E-state index contributed by atoms with van der Waals surface area (Å²) in [5, 5.41) is 0. The Morgan fingerprint density at radius 3 is 1.14 bits per heavy atom. The van der Waals surface area contributed by atoms with Gasteiger partial charge in [0, 0.05) is 0 Å². The Bertz CT molecular complexity index is 274. The Hall–Kier alpha value is 0.566. The van der Waals surface area contributed by atoms with E-state index in [1.165, 1.54) is 0 Å². The summed E-state index contributed by atoms with van der Waals surface area (Å²) in [6.07, 6.45) is 4.62. The molecule has 1 aliphatic rings. The minimum atomic E-state index is -0.951. The second kappa shape index (κ2) is 4.21. The molecule has 0 unspecified atom stereocenters. The summed E-state index contributed by atoms with van der Waals surface area (Å²) in [5.74, 6) is 0. The Balaban J connectivity index is 3.27. The van der Waals surface area contributed by atoms with Crippen molar-refractivity contribution in [1.29, 1.82) is 0 Å². The van der Waals surface area contributed by atoms with Crippen molar-refractivity contribution in [2.45, 2.75) is 50.0 Å². The summed E-state index contributed by atoms with van der Waals surface area (Å²) in [4.78, 5) is 5.22. The van der Waals surface area contributed by atoms with Crippen molar-refractivity contribution in [3.63, 3.8) is 0 Å². The van der Waals surface area contributed by atoms with Crippen LogP contribution in [0, 0.1) is 0 Å². The van der Waals surface area contributed by atoms with Gasteiger partial charge in [0.1, 0.15) is 0 Å². The van der Waals surface area contributed by atoms with Crippen LogP contribution in [0.2, 0.25) is 8.49 Å². The Labute approximate surface area is 95.4 Å². The Morgan fingerprint density at radius 2 is 0.929 bits per heavy atom. The average molecular weight is 312 g/mol. The fourth-order valence-electron chi connectivity index (χ4n) is 1.79. The van der Waals surface area contributed by atoms with Crippen molar-refractivity contribution in [3.8, 4) is 0 Å². The van der Waals surface area contributed by atoms with Gasteiger partial charge in [0.2, 0.25) is 0 Å². The second-order valence-corrected chi connectivity index (χ2v) is 29.0. The van der Waals surface area contributed by atoms with Crippen molar-refractivity contribution in [2.75, 3.05) is 0 Å². The third-order valence-corrected chi connectivity index (χ3v) is 39.1. The molecule has 0 saturated heterocycles. The van der Waals surface area contributed by atoms with Gasteiger partial charge in [-0.3, -0.25) is 0 Å². The van der Waals surface area contributed by atoms with Gasteiger partial charge >= 0.3 is 95.7 Å². The molecule has 0 radical (unpaired) electrons. The molecule has 14 heavy (non-hydrogen) atoms.